The molecule has 0 unspecified atom stereocenters. The zero-order valence-electron chi connectivity index (χ0n) is 17.4. The lowest BCUT2D eigenvalue weighted by atomic mass is 9.97. The Morgan fingerprint density at radius 2 is 1.86 bits per heavy atom. The molecule has 1 aromatic rings. The van der Waals surface area contributed by atoms with Crippen molar-refractivity contribution in [1.29, 1.82) is 0 Å². The van der Waals surface area contributed by atoms with E-state index in [-0.39, 0.29) is 35.4 Å². The van der Waals surface area contributed by atoms with Crippen LogP contribution in [0.1, 0.15) is 39.2 Å². The highest BCUT2D eigenvalue weighted by Crippen LogP contribution is 2.17. The lowest BCUT2D eigenvalue weighted by Gasteiger charge is -2.31. The molecule has 158 valence electrons. The number of nitrogens with two attached hydrogens (primary N) is 1. The van der Waals surface area contributed by atoms with Gasteiger partial charge in [0.15, 0.2) is 5.96 Å². The zero-order chi connectivity index (χ0) is 19.7. The van der Waals surface area contributed by atoms with Crippen LogP contribution in [0, 0.1) is 5.92 Å². The van der Waals surface area contributed by atoms with Crippen LogP contribution < -0.4 is 16.4 Å². The van der Waals surface area contributed by atoms with Crippen molar-refractivity contribution in [1.82, 2.24) is 15.5 Å². The molecule has 1 aliphatic rings. The minimum atomic E-state index is -0.171. The smallest absolute Gasteiger partial charge is 0.234 e. The van der Waals surface area contributed by atoms with E-state index in [1.807, 2.05) is 39.0 Å². The summed E-state index contributed by atoms with van der Waals surface area (Å²) in [5.41, 5.74) is 7.10. The van der Waals surface area contributed by atoms with Crippen LogP contribution in [0.2, 0.25) is 0 Å². The van der Waals surface area contributed by atoms with Gasteiger partial charge in [0.05, 0.1) is 6.54 Å². The number of aliphatic imine (C=N–C) groups is 1. The number of halogens is 1. The number of piperidine rings is 1. The van der Waals surface area contributed by atoms with Crippen molar-refractivity contribution < 1.29 is 4.79 Å². The molecule has 2 rings (SSSR count). The molecular weight excluding hydrogens is 465 g/mol. The highest BCUT2D eigenvalue weighted by Gasteiger charge is 2.22. The number of amides is 1. The molecule has 1 fully saturated rings. The van der Waals surface area contributed by atoms with Crippen molar-refractivity contribution in [3.05, 3.63) is 35.9 Å². The van der Waals surface area contributed by atoms with Gasteiger partial charge in [-0.05, 0) is 64.6 Å². The summed E-state index contributed by atoms with van der Waals surface area (Å²) in [5.74, 6) is 1.17. The molecule has 4 N–H and O–H groups in total. The third-order valence-electron chi connectivity index (χ3n) is 4.67. The predicted molar refractivity (Wildman–Crippen MR) is 127 cm³/mol. The number of carbonyl (C=O) groups is 1. The van der Waals surface area contributed by atoms with Crippen LogP contribution in [0.25, 0.3) is 0 Å². The van der Waals surface area contributed by atoms with Gasteiger partial charge in [-0.3, -0.25) is 14.7 Å². The Morgan fingerprint density at radius 1 is 1.21 bits per heavy atom. The summed E-state index contributed by atoms with van der Waals surface area (Å²) in [5, 5.41) is 6.21. The fraction of sp³-hybridized carbons (Fsp3) is 0.619. The number of nitrogens with zero attached hydrogens (tertiary/aromatic N) is 2. The van der Waals surface area contributed by atoms with Gasteiger partial charge in [0, 0.05) is 18.6 Å². The minimum absolute atomic E-state index is 0. The number of hydrogen-bond donors (Lipinski definition) is 3. The molecule has 1 heterocycles. The van der Waals surface area contributed by atoms with E-state index in [1.54, 1.807) is 0 Å². The van der Waals surface area contributed by atoms with Crippen LogP contribution in [-0.4, -0.2) is 55.0 Å². The topological polar surface area (TPSA) is 82.8 Å². The van der Waals surface area contributed by atoms with E-state index in [2.05, 4.69) is 32.7 Å². The first-order valence-corrected chi connectivity index (χ1v) is 9.93. The van der Waals surface area contributed by atoms with Gasteiger partial charge in [-0.2, -0.15) is 0 Å². The quantitative estimate of drug-likeness (QED) is 0.305. The van der Waals surface area contributed by atoms with Crippen molar-refractivity contribution >= 4 is 35.8 Å². The first kappa shape index (κ1) is 24.7. The molecule has 0 aromatic heterocycles. The largest absolute Gasteiger partial charge is 0.370 e. The van der Waals surface area contributed by atoms with E-state index in [1.165, 1.54) is 5.56 Å². The third kappa shape index (κ3) is 10.3. The van der Waals surface area contributed by atoms with Crippen molar-refractivity contribution in [2.45, 2.75) is 45.6 Å². The highest BCUT2D eigenvalue weighted by atomic mass is 127. The van der Waals surface area contributed by atoms with Crippen LogP contribution >= 0.6 is 24.0 Å². The molecule has 28 heavy (non-hydrogen) atoms. The Labute approximate surface area is 186 Å². The Hall–Kier alpha value is -1.35. The molecule has 7 heteroatoms. The number of hydrogen-bond acceptors (Lipinski definition) is 3. The van der Waals surface area contributed by atoms with Crippen LogP contribution in [0.15, 0.2) is 35.3 Å². The maximum atomic E-state index is 12.0. The second kappa shape index (κ2) is 12.3. The molecule has 1 aromatic carbocycles. The molecule has 1 amide bonds. The average molecular weight is 501 g/mol. The summed E-state index contributed by atoms with van der Waals surface area (Å²) in [6, 6.07) is 10.3. The Morgan fingerprint density at radius 3 is 2.46 bits per heavy atom. The van der Waals surface area contributed by atoms with Crippen LogP contribution in [0.5, 0.6) is 0 Å². The van der Waals surface area contributed by atoms with Gasteiger partial charge in [0.2, 0.25) is 5.91 Å². The SMILES string of the molecule is CC(C)(C)NC(=O)CN1CCC(CN=C(N)NCCc2ccccc2)CC1.I. The van der Waals surface area contributed by atoms with Crippen LogP contribution in [-0.2, 0) is 11.2 Å². The number of nitrogens with one attached hydrogen (secondary N) is 2. The first-order valence-electron chi connectivity index (χ1n) is 9.93. The first-order chi connectivity index (χ1) is 12.8. The predicted octanol–water partition coefficient (Wildman–Crippen LogP) is 2.38. The van der Waals surface area contributed by atoms with Gasteiger partial charge in [-0.1, -0.05) is 30.3 Å². The number of carbonyl (C=O) groups excluding carboxylic acids is 1. The van der Waals surface area contributed by atoms with Gasteiger partial charge in [0.25, 0.3) is 0 Å². The standard InChI is InChI=1S/C21H35N5O.HI/c1-21(2,3)25-19(27)16-26-13-10-18(11-14-26)15-24-20(22)23-12-9-17-7-5-4-6-8-17;/h4-8,18H,9-16H2,1-3H3,(H,25,27)(H3,22,23,24);1H. The van der Waals surface area contributed by atoms with Crippen molar-refractivity contribution in [3.8, 4) is 0 Å². The van der Waals surface area contributed by atoms with E-state index in [0.717, 1.165) is 45.4 Å². The van der Waals surface area contributed by atoms with Gasteiger partial charge in [0.1, 0.15) is 0 Å². The van der Waals surface area contributed by atoms with Crippen LogP contribution in [0.3, 0.4) is 0 Å². The molecule has 6 nitrogen and oxygen atoms in total. The monoisotopic (exact) mass is 501 g/mol. The molecule has 0 bridgehead atoms. The van der Waals surface area contributed by atoms with E-state index in [9.17, 15) is 4.79 Å². The Kier molecular flexibility index (Phi) is 10.8. The molecule has 0 radical (unpaired) electrons. The molecule has 0 saturated carbocycles. The molecule has 1 aliphatic heterocycles. The lowest BCUT2D eigenvalue weighted by Crippen LogP contribution is -2.47. The van der Waals surface area contributed by atoms with Crippen molar-refractivity contribution in [2.75, 3.05) is 32.7 Å². The van der Waals surface area contributed by atoms with E-state index >= 15 is 0 Å². The lowest BCUT2D eigenvalue weighted by molar-refractivity contribution is -0.124. The second-order valence-electron chi connectivity index (χ2n) is 8.41. The third-order valence-corrected chi connectivity index (χ3v) is 4.67. The average Bonchev–Trinajstić information content (AvgIpc) is 2.60. The molecular formula is C21H36IN5O. The summed E-state index contributed by atoms with van der Waals surface area (Å²) in [4.78, 5) is 18.8. The summed E-state index contributed by atoms with van der Waals surface area (Å²) < 4.78 is 0. The number of benzene rings is 1. The van der Waals surface area contributed by atoms with Crippen molar-refractivity contribution in [2.24, 2.45) is 16.6 Å². The van der Waals surface area contributed by atoms with E-state index < -0.39 is 0 Å². The fourth-order valence-corrected chi connectivity index (χ4v) is 3.25. The van der Waals surface area contributed by atoms with E-state index in [0.29, 0.717) is 18.4 Å². The summed E-state index contributed by atoms with van der Waals surface area (Å²) in [7, 11) is 0. The van der Waals surface area contributed by atoms with Gasteiger partial charge in [-0.15, -0.1) is 24.0 Å². The Bertz CT molecular complexity index is 607. The van der Waals surface area contributed by atoms with Gasteiger partial charge < -0.3 is 16.4 Å². The normalized spacial score (nSPS) is 16.3. The maximum Gasteiger partial charge on any atom is 0.234 e. The summed E-state index contributed by atoms with van der Waals surface area (Å²) in [6.45, 7) is 9.94. The second-order valence-corrected chi connectivity index (χ2v) is 8.41. The number of likely N-dealkylation sites (tertiary alicyclic amines) is 1. The highest BCUT2D eigenvalue weighted by molar-refractivity contribution is 14.0. The van der Waals surface area contributed by atoms with Crippen molar-refractivity contribution in [3.63, 3.8) is 0 Å². The fourth-order valence-electron chi connectivity index (χ4n) is 3.25. The van der Waals surface area contributed by atoms with E-state index in [4.69, 9.17) is 5.73 Å². The summed E-state index contributed by atoms with van der Waals surface area (Å²) in [6.07, 6.45) is 3.05. The van der Waals surface area contributed by atoms with Gasteiger partial charge in [-0.25, -0.2) is 0 Å². The zero-order valence-corrected chi connectivity index (χ0v) is 19.7. The maximum absolute atomic E-state index is 12.0. The molecule has 0 aliphatic carbocycles. The minimum Gasteiger partial charge on any atom is -0.370 e. The number of guanidine groups is 1. The summed E-state index contributed by atoms with van der Waals surface area (Å²) >= 11 is 0. The van der Waals surface area contributed by atoms with Crippen LogP contribution in [0.4, 0.5) is 0 Å². The Balaban J connectivity index is 0.00000392. The number of rotatable bonds is 7. The molecule has 0 spiro atoms. The molecule has 1 saturated heterocycles. The molecule has 0 atom stereocenters. The van der Waals surface area contributed by atoms with Gasteiger partial charge >= 0.3 is 0 Å².